The van der Waals surface area contributed by atoms with Crippen molar-refractivity contribution in [1.29, 1.82) is 0 Å². The first kappa shape index (κ1) is 30.3. The van der Waals surface area contributed by atoms with E-state index in [1.165, 1.54) is 12.1 Å². The molecule has 5 rings (SSSR count). The summed E-state index contributed by atoms with van der Waals surface area (Å²) in [5.74, 6) is -2.03. The summed E-state index contributed by atoms with van der Waals surface area (Å²) in [6.07, 6.45) is 7.21. The second-order valence-electron chi connectivity index (χ2n) is 12.9. The molecule has 4 aliphatic rings. The highest BCUT2D eigenvalue weighted by Gasteiger charge is 2.68. The van der Waals surface area contributed by atoms with Crippen molar-refractivity contribution in [2.24, 2.45) is 28.6 Å². The van der Waals surface area contributed by atoms with Gasteiger partial charge in [0.15, 0.2) is 12.4 Å². The largest absolute Gasteiger partial charge is 0.458 e. The smallest absolute Gasteiger partial charge is 0.306 e. The Morgan fingerprint density at radius 1 is 1.12 bits per heavy atom. The average Bonchev–Trinajstić information content (AvgIpc) is 3.22. The van der Waals surface area contributed by atoms with E-state index in [2.05, 4.69) is 12.2 Å². The lowest BCUT2D eigenvalue weighted by molar-refractivity contribution is -0.181. The van der Waals surface area contributed by atoms with Crippen LogP contribution in [0.3, 0.4) is 0 Å². The molecular formula is C33H40FNO7. The third kappa shape index (κ3) is 5.37. The molecule has 3 N–H and O–H groups in total. The van der Waals surface area contributed by atoms with Crippen molar-refractivity contribution in [2.75, 3.05) is 13.2 Å². The van der Waals surface area contributed by atoms with Crippen molar-refractivity contribution in [1.82, 2.24) is 5.32 Å². The minimum atomic E-state index is -1.74. The molecule has 0 radical (unpaired) electrons. The molecule has 1 aromatic carbocycles. The number of esters is 1. The predicted molar refractivity (Wildman–Crippen MR) is 151 cm³/mol. The van der Waals surface area contributed by atoms with Crippen LogP contribution in [0.5, 0.6) is 0 Å². The van der Waals surface area contributed by atoms with E-state index >= 15 is 0 Å². The number of nitrogens with one attached hydrogen (secondary N) is 1. The lowest BCUT2D eigenvalue weighted by atomic mass is 9.46. The summed E-state index contributed by atoms with van der Waals surface area (Å²) in [6.45, 7) is 3.68. The van der Waals surface area contributed by atoms with Crippen LogP contribution in [-0.4, -0.2) is 58.5 Å². The molecule has 7 atom stereocenters. The number of carbonyl (C=O) groups is 4. The van der Waals surface area contributed by atoms with Crippen LogP contribution >= 0.6 is 0 Å². The van der Waals surface area contributed by atoms with Crippen LogP contribution in [0.1, 0.15) is 64.4 Å². The zero-order valence-electron chi connectivity index (χ0n) is 24.2. The van der Waals surface area contributed by atoms with Gasteiger partial charge in [-0.25, -0.2) is 4.39 Å². The Balaban J connectivity index is 1.14. The highest BCUT2D eigenvalue weighted by Crippen LogP contribution is 2.67. The summed E-state index contributed by atoms with van der Waals surface area (Å²) in [7, 11) is 0. The molecule has 0 unspecified atom stereocenters. The lowest BCUT2D eigenvalue weighted by Crippen LogP contribution is -2.61. The molecule has 0 aliphatic heterocycles. The van der Waals surface area contributed by atoms with E-state index in [1.54, 1.807) is 24.3 Å². The number of halogens is 1. The Labute approximate surface area is 245 Å². The highest BCUT2D eigenvalue weighted by molar-refractivity contribution is 6.01. The number of fused-ring (bicyclic) bond motifs is 5. The maximum Gasteiger partial charge on any atom is 0.306 e. The van der Waals surface area contributed by atoms with Gasteiger partial charge < -0.3 is 20.3 Å². The second-order valence-corrected chi connectivity index (χ2v) is 12.9. The first-order valence-corrected chi connectivity index (χ1v) is 14.9. The minimum Gasteiger partial charge on any atom is -0.458 e. The van der Waals surface area contributed by atoms with Gasteiger partial charge in [0.1, 0.15) is 11.4 Å². The van der Waals surface area contributed by atoms with Crippen molar-refractivity contribution in [3.05, 3.63) is 59.4 Å². The topological polar surface area (TPSA) is 130 Å². The molecule has 0 bridgehead atoms. The number of hydrogen-bond donors (Lipinski definition) is 3. The summed E-state index contributed by atoms with van der Waals surface area (Å²) in [5, 5.41) is 26.0. The first-order valence-electron chi connectivity index (χ1n) is 14.9. The summed E-state index contributed by atoms with van der Waals surface area (Å²) in [6, 6.07) is 5.99. The quantitative estimate of drug-likeness (QED) is 0.381. The molecule has 0 saturated heterocycles. The van der Waals surface area contributed by atoms with Gasteiger partial charge in [-0.2, -0.15) is 0 Å². The van der Waals surface area contributed by atoms with E-state index in [1.807, 2.05) is 13.0 Å². The molecule has 0 heterocycles. The predicted octanol–water partition coefficient (Wildman–Crippen LogP) is 3.39. The van der Waals surface area contributed by atoms with Gasteiger partial charge in [0, 0.05) is 29.7 Å². The van der Waals surface area contributed by atoms with Crippen LogP contribution < -0.4 is 5.32 Å². The lowest BCUT2D eigenvalue weighted by Gasteiger charge is -2.59. The van der Waals surface area contributed by atoms with E-state index < -0.39 is 40.9 Å². The van der Waals surface area contributed by atoms with E-state index in [-0.39, 0.29) is 60.9 Å². The molecule has 226 valence electrons. The standard InChI is InChI=1S/C33H40FNO7/c1-31-14-11-23(36)17-21(31)5-8-24-25-12-15-33(41,32(25,2)18-26(37)30(24)31)27(38)19-42-29(40)10-9-28(39)35-16-13-20-3-6-22(34)7-4-20/h3-4,6-7,11,14,17,24-26,30,37,41H,5,8-10,12-13,15-16,18-19H2,1-2H3,(H,35,39)/t24-,25+,26+,30-,31+,32+,33+/m1/s1. The van der Waals surface area contributed by atoms with E-state index in [0.29, 0.717) is 19.4 Å². The Bertz CT molecular complexity index is 1320. The summed E-state index contributed by atoms with van der Waals surface area (Å²) >= 11 is 0. The zero-order valence-corrected chi connectivity index (χ0v) is 24.2. The number of rotatable bonds is 9. The Kier molecular flexibility index (Phi) is 8.29. The Morgan fingerprint density at radius 2 is 1.86 bits per heavy atom. The average molecular weight is 582 g/mol. The number of aliphatic hydroxyl groups excluding tert-OH is 1. The number of allylic oxidation sites excluding steroid dienone is 4. The normalized spacial score (nSPS) is 35.0. The molecular weight excluding hydrogens is 541 g/mol. The van der Waals surface area contributed by atoms with Crippen LogP contribution in [0.2, 0.25) is 0 Å². The van der Waals surface area contributed by atoms with Crippen molar-refractivity contribution < 1.29 is 38.5 Å². The third-order valence-corrected chi connectivity index (χ3v) is 10.7. The van der Waals surface area contributed by atoms with Crippen molar-refractivity contribution in [3.8, 4) is 0 Å². The number of aliphatic hydroxyl groups is 2. The van der Waals surface area contributed by atoms with Gasteiger partial charge in [0.2, 0.25) is 11.7 Å². The molecule has 0 spiro atoms. The van der Waals surface area contributed by atoms with Crippen LogP contribution in [0.4, 0.5) is 4.39 Å². The maximum absolute atomic E-state index is 13.4. The van der Waals surface area contributed by atoms with E-state index in [9.17, 15) is 33.8 Å². The van der Waals surface area contributed by atoms with Crippen molar-refractivity contribution in [3.63, 3.8) is 0 Å². The summed E-state index contributed by atoms with van der Waals surface area (Å²) in [4.78, 5) is 49.9. The number of benzene rings is 1. The highest BCUT2D eigenvalue weighted by atomic mass is 19.1. The molecule has 3 fully saturated rings. The summed E-state index contributed by atoms with van der Waals surface area (Å²) in [5.41, 5.74) is -1.15. The fourth-order valence-corrected chi connectivity index (χ4v) is 8.43. The number of amides is 1. The fraction of sp³-hybridized carbons (Fsp3) is 0.576. The van der Waals surface area contributed by atoms with Gasteiger partial charge in [-0.3, -0.25) is 19.2 Å². The molecule has 1 aromatic rings. The molecule has 42 heavy (non-hydrogen) atoms. The van der Waals surface area contributed by atoms with Crippen LogP contribution in [0.25, 0.3) is 0 Å². The number of Topliss-reactive ketones (excluding diaryl/α,β-unsaturated/α-hetero) is 1. The minimum absolute atomic E-state index is 0.00133. The maximum atomic E-state index is 13.4. The molecule has 0 aromatic heterocycles. The van der Waals surface area contributed by atoms with Gasteiger partial charge in [0.05, 0.1) is 12.5 Å². The van der Waals surface area contributed by atoms with Gasteiger partial charge >= 0.3 is 5.97 Å². The monoisotopic (exact) mass is 581 g/mol. The van der Waals surface area contributed by atoms with Crippen LogP contribution in [0, 0.1) is 34.4 Å². The SMILES string of the molecule is C[C@]12C=CC(=O)C=C1CC[C@H]1[C@@H]2[C@@H](O)C[C@@]2(C)[C@H]1CC[C@]2(O)C(=O)COC(=O)CCC(=O)NCCc1ccc(F)cc1. The number of carbonyl (C=O) groups excluding carboxylic acids is 4. The molecule has 8 nitrogen and oxygen atoms in total. The second kappa shape index (κ2) is 11.5. The molecule has 4 aliphatic carbocycles. The van der Waals surface area contributed by atoms with Crippen LogP contribution in [0.15, 0.2) is 48.1 Å². The Hall–Kier alpha value is -3.17. The first-order chi connectivity index (χ1) is 19.9. The van der Waals surface area contributed by atoms with Crippen molar-refractivity contribution >= 4 is 23.4 Å². The number of ketones is 2. The summed E-state index contributed by atoms with van der Waals surface area (Å²) < 4.78 is 18.2. The van der Waals surface area contributed by atoms with Gasteiger partial charge in [-0.15, -0.1) is 0 Å². The van der Waals surface area contributed by atoms with E-state index in [4.69, 9.17) is 4.74 Å². The molecule has 9 heteroatoms. The fourth-order valence-electron chi connectivity index (χ4n) is 8.43. The van der Waals surface area contributed by atoms with Gasteiger partial charge in [-0.05, 0) is 80.2 Å². The van der Waals surface area contributed by atoms with Crippen LogP contribution in [-0.2, 0) is 30.3 Å². The number of ether oxygens (including phenoxy) is 1. The van der Waals surface area contributed by atoms with E-state index in [0.717, 1.165) is 24.0 Å². The zero-order chi connectivity index (χ0) is 30.3. The van der Waals surface area contributed by atoms with Gasteiger partial charge in [0.25, 0.3) is 0 Å². The van der Waals surface area contributed by atoms with Crippen molar-refractivity contribution in [2.45, 2.75) is 76.9 Å². The third-order valence-electron chi connectivity index (χ3n) is 10.7. The Morgan fingerprint density at radius 3 is 2.60 bits per heavy atom. The molecule has 1 amide bonds. The molecule has 3 saturated carbocycles. The van der Waals surface area contributed by atoms with Gasteiger partial charge in [-0.1, -0.05) is 37.6 Å². The number of hydrogen-bond acceptors (Lipinski definition) is 7.